The third-order valence-corrected chi connectivity index (χ3v) is 16.7. The lowest BCUT2D eigenvalue weighted by atomic mass is 10.0. The van der Waals surface area contributed by atoms with Crippen LogP contribution < -0.4 is 21.7 Å². The molecule has 16 aromatic rings. The molecule has 0 aliphatic carbocycles. The van der Waals surface area contributed by atoms with E-state index in [1.165, 1.54) is 47.1 Å². The van der Waals surface area contributed by atoms with E-state index in [0.29, 0.717) is 123 Å². The molecule has 578 valence electrons. The zero-order valence-corrected chi connectivity index (χ0v) is 64.4. The second-order valence-corrected chi connectivity index (χ2v) is 29.6. The highest BCUT2D eigenvalue weighted by Crippen LogP contribution is 2.33. The molecule has 0 saturated carbocycles. The number of nitrogen functional groups attached to an aromatic ring is 1. The molecule has 0 bridgehead atoms. The lowest BCUT2D eigenvalue weighted by molar-refractivity contribution is 0.111. The molecule has 12 aromatic heterocycles. The van der Waals surface area contributed by atoms with E-state index in [2.05, 4.69) is 113 Å². The molecule has 0 fully saturated rings. The molecule has 4 aromatic carbocycles. The fourth-order valence-electron chi connectivity index (χ4n) is 11.2. The fraction of sp³-hybridized carbons (Fsp3) is 0.247. The predicted molar refractivity (Wildman–Crippen MR) is 423 cm³/mol. The number of aromatic nitrogens is 16. The normalized spacial score (nSPS) is 11.7. The molecule has 0 radical (unpaired) electrons. The SMILES string of the molecule is C.Cc1ccc(-c2nc(N)nc3c(Cc4ccccc4F)cnn23)o1.Cc1ccc(-c2nc(NC(C)(C)C)nc3c(Br)cnn23)o1.Cc1ccc(-c2nc(NC(C)(C)C)nc3c(C(O)c4ccccc4F)cnn23)o1.Cc1ccc(-c2nc(NC(C)(C)C)nc3c(Cc4ccccc4F)cnn23)o1.O=Cc1ccccc1F. The Morgan fingerprint density at radius 1 is 0.420 bits per heavy atom. The van der Waals surface area contributed by atoms with Crippen LogP contribution in [0.1, 0.15) is 143 Å². The van der Waals surface area contributed by atoms with E-state index < -0.39 is 17.7 Å². The van der Waals surface area contributed by atoms with Crippen LogP contribution in [0.25, 0.3) is 68.9 Å². The van der Waals surface area contributed by atoms with Crippen molar-refractivity contribution in [1.29, 1.82) is 0 Å². The lowest BCUT2D eigenvalue weighted by Gasteiger charge is -2.21. The van der Waals surface area contributed by atoms with E-state index in [1.807, 2.05) is 112 Å². The van der Waals surface area contributed by atoms with Gasteiger partial charge in [-0.05, 0) is 196 Å². The quantitative estimate of drug-likeness (QED) is 0.0499. The zero-order chi connectivity index (χ0) is 79.2. The second-order valence-electron chi connectivity index (χ2n) is 28.8. The highest BCUT2D eigenvalue weighted by atomic mass is 79.9. The number of aliphatic hydroxyl groups is 1. The van der Waals surface area contributed by atoms with Gasteiger partial charge in [-0.2, -0.15) is 78.3 Å². The van der Waals surface area contributed by atoms with Crippen molar-refractivity contribution in [2.45, 2.75) is 133 Å². The van der Waals surface area contributed by atoms with Gasteiger partial charge in [0.25, 0.3) is 0 Å². The third-order valence-electron chi connectivity index (χ3n) is 16.1. The van der Waals surface area contributed by atoms with Gasteiger partial charge in [-0.3, -0.25) is 4.79 Å². The average Bonchev–Trinajstić information content (AvgIpc) is 1.59. The fourth-order valence-corrected chi connectivity index (χ4v) is 11.6. The van der Waals surface area contributed by atoms with Gasteiger partial charge in [0.2, 0.25) is 47.1 Å². The number of aryl methyl sites for hydroxylation is 4. The molecule has 0 amide bonds. The predicted octanol–water partition coefficient (Wildman–Crippen LogP) is 17.7. The standard InChI is InChI=1S/C21H22FN5O2.C21H22FN5O.C17H14FN5O.C14H16BrN5O.C7H5FO.CH4/c1-12-9-10-16(29-12)19-25-20(26-21(2,3)4)24-18-14(11-23-27(18)19)17(28)13-7-5-6-8-15(13)22;1-13-9-10-17(28-13)19-25-20(26-21(2,3)4)24-18-15(12-23-27(18)19)11-14-7-5-6-8-16(14)22;1-10-6-7-14(24-10)16-22-17(19)21-15-12(9-20-23(15)16)8-11-4-2-3-5-13(11)18;1-8-5-6-10(21-8)12-18-13(19-14(2,3)4)17-11-9(15)7-16-20(11)12;8-7-4-2-1-3-6(7)5-9;/h5-11,17,28H,1-4H3,(H,24,26);5-10,12H,11H2,1-4H3,(H,24,26);2-7,9H,8H2,1H3,(H2,19,21);5-7H,1-4H3,(H,17,19);1-5H;1H4. The molecule has 0 saturated heterocycles. The van der Waals surface area contributed by atoms with Gasteiger partial charge in [-0.1, -0.05) is 74.2 Å². The number of halogens is 5. The first kappa shape index (κ1) is 80.3. The summed E-state index contributed by atoms with van der Waals surface area (Å²) in [5, 5.41) is 38.1. The van der Waals surface area contributed by atoms with Crippen LogP contribution in [0.2, 0.25) is 0 Å². The van der Waals surface area contributed by atoms with Crippen molar-refractivity contribution in [2.24, 2.45) is 0 Å². The van der Waals surface area contributed by atoms with Crippen LogP contribution >= 0.6 is 15.9 Å². The van der Waals surface area contributed by atoms with Crippen LogP contribution in [0.3, 0.4) is 0 Å². The topological polar surface area (TPSA) is 324 Å². The summed E-state index contributed by atoms with van der Waals surface area (Å²) >= 11 is 3.46. The van der Waals surface area contributed by atoms with Gasteiger partial charge in [0, 0.05) is 46.1 Å². The summed E-state index contributed by atoms with van der Waals surface area (Å²) in [6, 6.07) is 40.1. The smallest absolute Gasteiger partial charge is 0.227 e. The number of nitrogens with two attached hydrogens (primary N) is 1. The van der Waals surface area contributed by atoms with Crippen LogP contribution in [0.15, 0.2) is 193 Å². The lowest BCUT2D eigenvalue weighted by Crippen LogP contribution is -2.27. The van der Waals surface area contributed by atoms with Crippen LogP contribution in [-0.4, -0.2) is 106 Å². The highest BCUT2D eigenvalue weighted by Gasteiger charge is 2.27. The van der Waals surface area contributed by atoms with Crippen LogP contribution in [0.5, 0.6) is 0 Å². The molecule has 31 heteroatoms. The van der Waals surface area contributed by atoms with Crippen molar-refractivity contribution in [1.82, 2.24) is 78.3 Å². The Kier molecular flexibility index (Phi) is 24.1. The number of carbonyl (C=O) groups is 1. The number of furan rings is 4. The van der Waals surface area contributed by atoms with Gasteiger partial charge in [-0.25, -0.2) is 17.6 Å². The Morgan fingerprint density at radius 2 is 0.768 bits per heavy atom. The van der Waals surface area contributed by atoms with Gasteiger partial charge < -0.3 is 44.5 Å². The Labute approximate surface area is 649 Å². The monoisotopic (exact) mass is 1590 g/mol. The van der Waals surface area contributed by atoms with Gasteiger partial charge in [0.05, 0.1) is 40.4 Å². The molecule has 16 rings (SSSR count). The minimum absolute atomic E-state index is 0. The molecule has 1 unspecified atom stereocenters. The maximum absolute atomic E-state index is 14.2. The minimum Gasteiger partial charge on any atom is -0.458 e. The maximum Gasteiger partial charge on any atom is 0.227 e. The number of benzene rings is 4. The van der Waals surface area contributed by atoms with Crippen molar-refractivity contribution in [2.75, 3.05) is 21.7 Å². The number of carbonyl (C=O) groups excluding carboxylic acids is 1. The minimum atomic E-state index is -1.22. The van der Waals surface area contributed by atoms with Crippen molar-refractivity contribution < 1.29 is 45.1 Å². The van der Waals surface area contributed by atoms with Crippen molar-refractivity contribution >= 4 is 68.6 Å². The number of rotatable bonds is 14. The third kappa shape index (κ3) is 19.3. The molecular formula is C81H83BrF4N20O6. The summed E-state index contributed by atoms with van der Waals surface area (Å²) in [7, 11) is 0. The maximum atomic E-state index is 14.2. The van der Waals surface area contributed by atoms with E-state index in [-0.39, 0.29) is 52.8 Å². The largest absolute Gasteiger partial charge is 0.458 e. The molecule has 0 aliphatic rings. The summed E-state index contributed by atoms with van der Waals surface area (Å²) in [6.45, 7) is 25.7. The van der Waals surface area contributed by atoms with Crippen molar-refractivity contribution in [3.8, 4) is 46.3 Å². The number of fused-ring (bicyclic) bond motifs is 4. The van der Waals surface area contributed by atoms with Crippen LogP contribution in [-0.2, 0) is 12.8 Å². The first-order chi connectivity index (χ1) is 52.8. The summed E-state index contributed by atoms with van der Waals surface area (Å²) < 4.78 is 84.6. The Bertz CT molecular complexity index is 5980. The summed E-state index contributed by atoms with van der Waals surface area (Å²) in [4.78, 5) is 45.9. The Balaban J connectivity index is 0.000000142. The summed E-state index contributed by atoms with van der Waals surface area (Å²) in [5.74, 6) is 7.50. The number of aldehydes is 1. The van der Waals surface area contributed by atoms with E-state index in [4.69, 9.17) is 23.4 Å². The van der Waals surface area contributed by atoms with E-state index in [9.17, 15) is 27.5 Å². The number of anilines is 4. The van der Waals surface area contributed by atoms with Crippen molar-refractivity contribution in [3.05, 3.63) is 260 Å². The first-order valence-corrected chi connectivity index (χ1v) is 35.7. The highest BCUT2D eigenvalue weighted by molar-refractivity contribution is 9.10. The number of nitrogens with one attached hydrogen (secondary N) is 3. The second kappa shape index (κ2) is 33.6. The number of hydrogen-bond donors (Lipinski definition) is 5. The number of aliphatic hydroxyl groups excluding tert-OH is 1. The van der Waals surface area contributed by atoms with Crippen LogP contribution in [0.4, 0.5) is 41.4 Å². The number of nitrogens with zero attached hydrogens (tertiary/aromatic N) is 16. The molecule has 12 heterocycles. The van der Waals surface area contributed by atoms with E-state index >= 15 is 0 Å². The number of hydrogen-bond acceptors (Lipinski definition) is 22. The summed E-state index contributed by atoms with van der Waals surface area (Å²) in [5.41, 5.74) is 10.8. The van der Waals surface area contributed by atoms with Crippen LogP contribution in [0, 0.1) is 51.0 Å². The first-order valence-electron chi connectivity index (χ1n) is 34.9. The molecule has 6 N–H and O–H groups in total. The molecule has 112 heavy (non-hydrogen) atoms. The van der Waals surface area contributed by atoms with Gasteiger partial charge in [-0.15, -0.1) is 0 Å². The molecule has 0 aliphatic heterocycles. The van der Waals surface area contributed by atoms with Gasteiger partial charge in [0.1, 0.15) is 52.4 Å². The van der Waals surface area contributed by atoms with Crippen molar-refractivity contribution in [3.63, 3.8) is 0 Å². The van der Waals surface area contributed by atoms with Gasteiger partial charge >= 0.3 is 0 Å². The Morgan fingerprint density at radius 3 is 1.16 bits per heavy atom. The zero-order valence-electron chi connectivity index (χ0n) is 62.8. The van der Waals surface area contributed by atoms with Gasteiger partial charge in [0.15, 0.2) is 51.9 Å². The Hall–Kier alpha value is -12.8. The average molecular weight is 1590 g/mol. The molecular weight excluding hydrogens is 1500 g/mol. The molecule has 26 nitrogen and oxygen atoms in total. The molecule has 1 atom stereocenters. The molecule has 0 spiro atoms. The van der Waals surface area contributed by atoms with E-state index in [1.54, 1.807) is 98.9 Å². The van der Waals surface area contributed by atoms with E-state index in [0.717, 1.165) is 38.6 Å². The summed E-state index contributed by atoms with van der Waals surface area (Å²) in [6.07, 6.45) is 6.55.